The lowest BCUT2D eigenvalue weighted by Gasteiger charge is -2.25. The van der Waals surface area contributed by atoms with Gasteiger partial charge >= 0.3 is 0 Å². The summed E-state index contributed by atoms with van der Waals surface area (Å²) in [6, 6.07) is 7.92. The molecule has 3 atom stereocenters. The number of amides is 1. The van der Waals surface area contributed by atoms with Gasteiger partial charge in [0.2, 0.25) is 0 Å². The first-order valence-electron chi connectivity index (χ1n) is 9.34. The minimum absolute atomic E-state index is 0.0872. The lowest BCUT2D eigenvalue weighted by molar-refractivity contribution is -0.126. The van der Waals surface area contributed by atoms with E-state index in [9.17, 15) is 13.2 Å². The van der Waals surface area contributed by atoms with Gasteiger partial charge in [-0.15, -0.1) is 0 Å². The van der Waals surface area contributed by atoms with Gasteiger partial charge in [-0.1, -0.05) is 37.7 Å². The van der Waals surface area contributed by atoms with Gasteiger partial charge in [0.1, 0.15) is 6.10 Å². The van der Waals surface area contributed by atoms with E-state index in [1.165, 1.54) is 17.3 Å². The van der Waals surface area contributed by atoms with Crippen LogP contribution in [0.3, 0.4) is 0 Å². The Labute approximate surface area is 164 Å². The molecular weight excluding hydrogens is 384 g/mol. The molecule has 6 nitrogen and oxygen atoms in total. The molecule has 0 aromatic heterocycles. The number of rotatable bonds is 3. The molecule has 3 fully saturated rings. The van der Waals surface area contributed by atoms with Gasteiger partial charge in [-0.3, -0.25) is 4.79 Å². The van der Waals surface area contributed by atoms with Crippen LogP contribution >= 0.6 is 11.8 Å². The van der Waals surface area contributed by atoms with Crippen LogP contribution < -0.4 is 4.90 Å². The van der Waals surface area contributed by atoms with Gasteiger partial charge in [-0.05, 0) is 36.5 Å². The van der Waals surface area contributed by atoms with Crippen molar-refractivity contribution in [3.8, 4) is 0 Å². The fourth-order valence-electron chi connectivity index (χ4n) is 3.82. The Morgan fingerprint density at radius 3 is 2.63 bits per heavy atom. The molecule has 3 saturated heterocycles. The van der Waals surface area contributed by atoms with Crippen molar-refractivity contribution >= 4 is 38.4 Å². The highest BCUT2D eigenvalue weighted by Crippen LogP contribution is 2.41. The third-order valence-electron chi connectivity index (χ3n) is 5.32. The van der Waals surface area contributed by atoms with Crippen molar-refractivity contribution in [2.75, 3.05) is 23.0 Å². The summed E-state index contributed by atoms with van der Waals surface area (Å²) < 4.78 is 29.7. The molecule has 146 valence electrons. The Kier molecular flexibility index (Phi) is 5.07. The molecule has 3 aliphatic heterocycles. The zero-order valence-electron chi connectivity index (χ0n) is 15.5. The summed E-state index contributed by atoms with van der Waals surface area (Å²) in [7, 11) is -3.06. The van der Waals surface area contributed by atoms with Gasteiger partial charge in [0.15, 0.2) is 15.0 Å². The number of hydrogen-bond acceptors (Lipinski definition) is 5. The molecule has 0 aliphatic carbocycles. The van der Waals surface area contributed by atoms with E-state index in [0.717, 1.165) is 12.1 Å². The minimum atomic E-state index is -3.06. The molecule has 0 spiro atoms. The summed E-state index contributed by atoms with van der Waals surface area (Å²) in [5, 5.41) is 0.508. The third kappa shape index (κ3) is 3.79. The number of thioether (sulfide) groups is 1. The Morgan fingerprint density at radius 2 is 2.00 bits per heavy atom. The first-order valence-corrected chi connectivity index (χ1v) is 12.0. The Balaban J connectivity index is 1.66. The van der Waals surface area contributed by atoms with Crippen molar-refractivity contribution in [2.45, 2.75) is 50.0 Å². The standard InChI is InChI=1S/C19H24N2O4S2/c1-12(2)13-5-7-14(8-6-13)21-15-10-27(23,24)11-17(15)26-19(21)20-18(22)16-4-3-9-25-16/h5-8,12,15-17H,3-4,9-11H2,1-2H3/t15-,16+,17+/m0/s1. The van der Waals surface area contributed by atoms with Crippen LogP contribution in [0.2, 0.25) is 0 Å². The maximum absolute atomic E-state index is 12.5. The summed E-state index contributed by atoms with van der Waals surface area (Å²) in [6.07, 6.45) is 1.11. The normalized spacial score (nSPS) is 31.0. The second kappa shape index (κ2) is 7.22. The smallest absolute Gasteiger partial charge is 0.277 e. The van der Waals surface area contributed by atoms with Gasteiger partial charge in [0, 0.05) is 17.5 Å². The lowest BCUT2D eigenvalue weighted by atomic mass is 10.0. The number of carbonyl (C=O) groups excluding carboxylic acids is 1. The van der Waals surface area contributed by atoms with E-state index in [2.05, 4.69) is 31.0 Å². The highest BCUT2D eigenvalue weighted by molar-refractivity contribution is 8.16. The van der Waals surface area contributed by atoms with E-state index in [1.54, 1.807) is 0 Å². The fourth-order valence-corrected chi connectivity index (χ4v) is 7.74. The van der Waals surface area contributed by atoms with Crippen molar-refractivity contribution in [3.05, 3.63) is 29.8 Å². The predicted molar refractivity (Wildman–Crippen MR) is 108 cm³/mol. The molecule has 4 rings (SSSR count). The maximum atomic E-state index is 12.5. The van der Waals surface area contributed by atoms with E-state index in [4.69, 9.17) is 4.74 Å². The highest BCUT2D eigenvalue weighted by Gasteiger charge is 2.49. The van der Waals surface area contributed by atoms with Crippen LogP contribution in [-0.2, 0) is 19.4 Å². The second-order valence-corrected chi connectivity index (χ2v) is 11.0. The number of benzene rings is 1. The number of carbonyl (C=O) groups is 1. The van der Waals surface area contributed by atoms with Crippen LogP contribution in [-0.4, -0.2) is 55.0 Å². The molecule has 0 radical (unpaired) electrons. The number of anilines is 1. The zero-order chi connectivity index (χ0) is 19.2. The van der Waals surface area contributed by atoms with Crippen molar-refractivity contribution in [3.63, 3.8) is 0 Å². The first kappa shape index (κ1) is 19.0. The number of ether oxygens (including phenoxy) is 1. The lowest BCUT2D eigenvalue weighted by Crippen LogP contribution is -2.38. The van der Waals surface area contributed by atoms with Gasteiger partial charge in [0.05, 0.1) is 17.5 Å². The molecule has 0 saturated carbocycles. The van der Waals surface area contributed by atoms with E-state index < -0.39 is 15.9 Å². The van der Waals surface area contributed by atoms with E-state index in [-0.39, 0.29) is 28.7 Å². The topological polar surface area (TPSA) is 76.0 Å². The monoisotopic (exact) mass is 408 g/mol. The van der Waals surface area contributed by atoms with Crippen LogP contribution in [0, 0.1) is 0 Å². The molecule has 3 aliphatic rings. The SMILES string of the molecule is CC(C)c1ccc(N2C(=NC(=O)[C@H]3CCCO3)S[C@@H]3CS(=O)(=O)C[C@@H]32)cc1. The van der Waals surface area contributed by atoms with Crippen molar-refractivity contribution in [1.29, 1.82) is 0 Å². The van der Waals surface area contributed by atoms with Crippen LogP contribution in [0.15, 0.2) is 29.3 Å². The molecule has 1 aromatic carbocycles. The van der Waals surface area contributed by atoms with Crippen LogP contribution in [0.1, 0.15) is 38.2 Å². The number of fused-ring (bicyclic) bond motifs is 1. The maximum Gasteiger partial charge on any atom is 0.277 e. The third-order valence-corrected chi connectivity index (χ3v) is 8.53. The Morgan fingerprint density at radius 1 is 1.26 bits per heavy atom. The van der Waals surface area contributed by atoms with E-state index in [1.807, 2.05) is 17.0 Å². The summed E-state index contributed by atoms with van der Waals surface area (Å²) in [6.45, 7) is 4.86. The molecule has 0 N–H and O–H groups in total. The summed E-state index contributed by atoms with van der Waals surface area (Å²) >= 11 is 1.40. The van der Waals surface area contributed by atoms with Crippen LogP contribution in [0.5, 0.6) is 0 Å². The largest absolute Gasteiger partial charge is 0.368 e. The molecule has 1 aromatic rings. The fraction of sp³-hybridized carbons (Fsp3) is 0.579. The van der Waals surface area contributed by atoms with Crippen LogP contribution in [0.25, 0.3) is 0 Å². The quantitative estimate of drug-likeness (QED) is 0.765. The van der Waals surface area contributed by atoms with Gasteiger partial charge < -0.3 is 9.64 Å². The number of aliphatic imine (C=N–C) groups is 1. The summed E-state index contributed by atoms with van der Waals surface area (Å²) in [5.41, 5.74) is 2.10. The highest BCUT2D eigenvalue weighted by atomic mass is 32.2. The van der Waals surface area contributed by atoms with Crippen molar-refractivity contribution in [2.24, 2.45) is 4.99 Å². The van der Waals surface area contributed by atoms with Crippen LogP contribution in [0.4, 0.5) is 5.69 Å². The number of hydrogen-bond donors (Lipinski definition) is 0. The molecular formula is C19H24N2O4S2. The van der Waals surface area contributed by atoms with Gasteiger partial charge in [-0.2, -0.15) is 4.99 Å². The predicted octanol–water partition coefficient (Wildman–Crippen LogP) is 2.59. The average molecular weight is 409 g/mol. The molecule has 1 amide bonds. The Bertz CT molecular complexity index is 858. The molecule has 0 bridgehead atoms. The number of amidine groups is 1. The molecule has 0 unspecified atom stereocenters. The van der Waals surface area contributed by atoms with Gasteiger partial charge in [-0.25, -0.2) is 8.42 Å². The average Bonchev–Trinajstić information content (AvgIpc) is 3.29. The zero-order valence-corrected chi connectivity index (χ0v) is 17.1. The van der Waals surface area contributed by atoms with Crippen molar-refractivity contribution in [1.82, 2.24) is 0 Å². The summed E-state index contributed by atoms with van der Waals surface area (Å²) in [4.78, 5) is 18.8. The Hall–Kier alpha value is -1.38. The minimum Gasteiger partial charge on any atom is -0.368 e. The first-order chi connectivity index (χ1) is 12.8. The molecule has 27 heavy (non-hydrogen) atoms. The van der Waals surface area contributed by atoms with E-state index >= 15 is 0 Å². The number of nitrogens with zero attached hydrogens (tertiary/aromatic N) is 2. The van der Waals surface area contributed by atoms with Crippen molar-refractivity contribution < 1.29 is 17.9 Å². The second-order valence-electron chi connectivity index (χ2n) is 7.65. The van der Waals surface area contributed by atoms with Gasteiger partial charge in [0.25, 0.3) is 5.91 Å². The number of sulfone groups is 1. The molecule has 3 heterocycles. The summed E-state index contributed by atoms with van der Waals surface area (Å²) in [5.74, 6) is 0.391. The van der Waals surface area contributed by atoms with E-state index in [0.29, 0.717) is 24.1 Å². The molecule has 8 heteroatoms.